The lowest BCUT2D eigenvalue weighted by Crippen LogP contribution is -2.04. The number of nitrogens with one attached hydrogen (secondary N) is 2. The van der Waals surface area contributed by atoms with Crippen molar-refractivity contribution in [3.05, 3.63) is 36.2 Å². The molecule has 0 fully saturated rings. The lowest BCUT2D eigenvalue weighted by Gasteiger charge is -2.15. The van der Waals surface area contributed by atoms with E-state index in [2.05, 4.69) is 20.6 Å². The van der Waals surface area contributed by atoms with Gasteiger partial charge in [-0.1, -0.05) is 11.3 Å². The van der Waals surface area contributed by atoms with Crippen molar-refractivity contribution in [2.45, 2.75) is 13.8 Å². The number of methoxy groups -OCH3 is 3. The predicted molar refractivity (Wildman–Crippen MR) is 114 cm³/mol. The van der Waals surface area contributed by atoms with Crippen molar-refractivity contribution >= 4 is 33.9 Å². The Hall–Kier alpha value is -3.33. The molecular formula is C20H22N4O4S. The van der Waals surface area contributed by atoms with Gasteiger partial charge in [0.05, 0.1) is 31.9 Å². The maximum atomic E-state index is 11.3. The number of aryl methyl sites for hydroxylation is 1. The number of pyridine rings is 1. The molecule has 3 rings (SSSR count). The van der Waals surface area contributed by atoms with Crippen molar-refractivity contribution in [1.29, 1.82) is 0 Å². The number of thiazole rings is 1. The summed E-state index contributed by atoms with van der Waals surface area (Å²) in [6, 6.07) is 7.44. The molecule has 0 saturated heterocycles. The maximum Gasteiger partial charge on any atom is 0.223 e. The summed E-state index contributed by atoms with van der Waals surface area (Å²) in [7, 11) is 4.70. The Kier molecular flexibility index (Phi) is 6.18. The van der Waals surface area contributed by atoms with Crippen LogP contribution in [0.25, 0.3) is 10.4 Å². The fourth-order valence-electron chi connectivity index (χ4n) is 2.81. The molecule has 2 heterocycles. The maximum absolute atomic E-state index is 11.3. The molecule has 2 aromatic heterocycles. The molecule has 0 aliphatic carbocycles. The van der Waals surface area contributed by atoms with Crippen LogP contribution in [0.15, 0.2) is 30.5 Å². The molecule has 0 unspecified atom stereocenters. The normalized spacial score (nSPS) is 10.4. The number of hydrogen-bond acceptors (Lipinski definition) is 8. The lowest BCUT2D eigenvalue weighted by atomic mass is 10.2. The highest BCUT2D eigenvalue weighted by Crippen LogP contribution is 2.41. The Labute approximate surface area is 172 Å². The molecule has 1 amide bonds. The van der Waals surface area contributed by atoms with Gasteiger partial charge in [0.2, 0.25) is 11.7 Å². The second-order valence-electron chi connectivity index (χ2n) is 6.08. The van der Waals surface area contributed by atoms with E-state index in [1.807, 2.05) is 31.2 Å². The Bertz CT molecular complexity index is 1010. The van der Waals surface area contributed by atoms with Gasteiger partial charge in [0.15, 0.2) is 16.6 Å². The van der Waals surface area contributed by atoms with Crippen LogP contribution in [0.3, 0.4) is 0 Å². The molecule has 0 spiro atoms. The third-order valence-corrected chi connectivity index (χ3v) is 5.16. The third kappa shape index (κ3) is 4.57. The zero-order valence-electron chi connectivity index (χ0n) is 16.8. The summed E-state index contributed by atoms with van der Waals surface area (Å²) in [6.45, 7) is 3.37. The van der Waals surface area contributed by atoms with Crippen LogP contribution in [0.4, 0.5) is 16.6 Å². The summed E-state index contributed by atoms with van der Waals surface area (Å²) in [5.41, 5.74) is 2.52. The molecule has 0 saturated carbocycles. The Morgan fingerprint density at radius 1 is 1.07 bits per heavy atom. The van der Waals surface area contributed by atoms with E-state index in [0.29, 0.717) is 28.2 Å². The quantitative estimate of drug-likeness (QED) is 0.597. The second-order valence-corrected chi connectivity index (χ2v) is 7.08. The van der Waals surface area contributed by atoms with Crippen molar-refractivity contribution in [2.24, 2.45) is 0 Å². The van der Waals surface area contributed by atoms with E-state index < -0.39 is 0 Å². The van der Waals surface area contributed by atoms with E-state index in [1.54, 1.807) is 27.5 Å². The van der Waals surface area contributed by atoms with Crippen molar-refractivity contribution < 1.29 is 19.0 Å². The number of benzene rings is 1. The number of carbonyl (C=O) groups excluding carboxylic acids is 1. The van der Waals surface area contributed by atoms with Crippen LogP contribution in [0.2, 0.25) is 0 Å². The first-order valence-electron chi connectivity index (χ1n) is 8.73. The number of hydrogen-bond donors (Lipinski definition) is 2. The topological polar surface area (TPSA) is 94.6 Å². The zero-order chi connectivity index (χ0) is 21.0. The standard InChI is InChI=1S/C20H22N4O4S/c1-11-19(29-20(22-11)23-12(2)25)13-6-7-21-17(8-13)24-14-9-15(26-3)18(28-5)16(10-14)27-4/h6-10H,1-5H3,(H,21,24)(H,22,23,25). The number of rotatable bonds is 7. The second kappa shape index (κ2) is 8.78. The molecule has 8 nitrogen and oxygen atoms in total. The number of nitrogens with zero attached hydrogens (tertiary/aromatic N) is 2. The van der Waals surface area contributed by atoms with Gasteiger partial charge in [0, 0.05) is 30.9 Å². The third-order valence-electron chi connectivity index (χ3n) is 4.04. The highest BCUT2D eigenvalue weighted by molar-refractivity contribution is 7.19. The van der Waals surface area contributed by atoms with Crippen LogP contribution in [-0.4, -0.2) is 37.2 Å². The van der Waals surface area contributed by atoms with Crippen LogP contribution >= 0.6 is 11.3 Å². The number of amides is 1. The summed E-state index contributed by atoms with van der Waals surface area (Å²) >= 11 is 1.42. The number of ether oxygens (including phenoxy) is 3. The van der Waals surface area contributed by atoms with Gasteiger partial charge in [0.25, 0.3) is 0 Å². The fourth-order valence-corrected chi connectivity index (χ4v) is 3.82. The van der Waals surface area contributed by atoms with Crippen molar-refractivity contribution in [2.75, 3.05) is 32.0 Å². The minimum Gasteiger partial charge on any atom is -0.493 e. The van der Waals surface area contributed by atoms with Gasteiger partial charge in [0.1, 0.15) is 5.82 Å². The molecule has 0 aliphatic rings. The average molecular weight is 414 g/mol. The fraction of sp³-hybridized carbons (Fsp3) is 0.250. The van der Waals surface area contributed by atoms with Gasteiger partial charge in [-0.05, 0) is 24.6 Å². The first kappa shape index (κ1) is 20.4. The van der Waals surface area contributed by atoms with Crippen molar-refractivity contribution in [3.8, 4) is 27.7 Å². The van der Waals surface area contributed by atoms with Gasteiger partial charge in [-0.3, -0.25) is 4.79 Å². The van der Waals surface area contributed by atoms with Gasteiger partial charge in [-0.25, -0.2) is 9.97 Å². The Morgan fingerprint density at radius 3 is 2.34 bits per heavy atom. The van der Waals surface area contributed by atoms with Crippen LogP contribution in [-0.2, 0) is 4.79 Å². The van der Waals surface area contributed by atoms with Gasteiger partial charge >= 0.3 is 0 Å². The summed E-state index contributed by atoms with van der Waals surface area (Å²) in [6.07, 6.45) is 1.72. The molecule has 0 aliphatic heterocycles. The van der Waals surface area contributed by atoms with E-state index in [4.69, 9.17) is 14.2 Å². The van der Waals surface area contributed by atoms with Gasteiger partial charge in [-0.15, -0.1) is 0 Å². The van der Waals surface area contributed by atoms with E-state index in [1.165, 1.54) is 18.3 Å². The average Bonchev–Trinajstić information content (AvgIpc) is 3.06. The largest absolute Gasteiger partial charge is 0.493 e. The first-order chi connectivity index (χ1) is 13.9. The highest BCUT2D eigenvalue weighted by Gasteiger charge is 2.15. The van der Waals surface area contributed by atoms with E-state index in [9.17, 15) is 4.79 Å². The molecular weight excluding hydrogens is 392 g/mol. The highest BCUT2D eigenvalue weighted by atomic mass is 32.1. The van der Waals surface area contributed by atoms with E-state index in [0.717, 1.165) is 21.8 Å². The zero-order valence-corrected chi connectivity index (χ0v) is 17.6. The van der Waals surface area contributed by atoms with Gasteiger partial charge in [-0.2, -0.15) is 0 Å². The molecule has 0 bridgehead atoms. The smallest absolute Gasteiger partial charge is 0.223 e. The molecule has 0 atom stereocenters. The minimum absolute atomic E-state index is 0.148. The van der Waals surface area contributed by atoms with Crippen molar-refractivity contribution in [1.82, 2.24) is 9.97 Å². The number of aromatic nitrogens is 2. The lowest BCUT2D eigenvalue weighted by molar-refractivity contribution is -0.114. The summed E-state index contributed by atoms with van der Waals surface area (Å²) in [5.74, 6) is 2.11. The van der Waals surface area contributed by atoms with E-state index in [-0.39, 0.29) is 5.91 Å². The SMILES string of the molecule is COc1cc(Nc2cc(-c3sc(NC(C)=O)nc3C)ccn2)cc(OC)c1OC. The Balaban J connectivity index is 1.91. The predicted octanol–water partition coefficient (Wildman–Crippen LogP) is 4.24. The molecule has 3 aromatic rings. The van der Waals surface area contributed by atoms with Crippen LogP contribution in [0.5, 0.6) is 17.2 Å². The van der Waals surface area contributed by atoms with Crippen LogP contribution in [0, 0.1) is 6.92 Å². The first-order valence-corrected chi connectivity index (χ1v) is 9.55. The molecule has 29 heavy (non-hydrogen) atoms. The monoisotopic (exact) mass is 414 g/mol. The summed E-state index contributed by atoms with van der Waals surface area (Å²) < 4.78 is 16.1. The molecule has 0 radical (unpaired) electrons. The summed E-state index contributed by atoms with van der Waals surface area (Å²) in [5, 5.41) is 6.56. The number of anilines is 3. The molecule has 152 valence electrons. The summed E-state index contributed by atoms with van der Waals surface area (Å²) in [4.78, 5) is 21.0. The molecule has 9 heteroatoms. The molecule has 1 aromatic carbocycles. The van der Waals surface area contributed by atoms with Crippen molar-refractivity contribution in [3.63, 3.8) is 0 Å². The Morgan fingerprint density at radius 2 is 1.76 bits per heavy atom. The van der Waals surface area contributed by atoms with Gasteiger partial charge < -0.3 is 24.8 Å². The molecule has 2 N–H and O–H groups in total. The number of carbonyl (C=O) groups is 1. The minimum atomic E-state index is -0.148. The van der Waals surface area contributed by atoms with E-state index >= 15 is 0 Å². The van der Waals surface area contributed by atoms with Crippen LogP contribution in [0.1, 0.15) is 12.6 Å². The van der Waals surface area contributed by atoms with Crippen LogP contribution < -0.4 is 24.8 Å².